The molecule has 19 heavy (non-hydrogen) atoms. The summed E-state index contributed by atoms with van der Waals surface area (Å²) in [4.78, 5) is 10.8. The highest BCUT2D eigenvalue weighted by Crippen LogP contribution is 2.29. The van der Waals surface area contributed by atoms with Crippen LogP contribution in [0, 0.1) is 11.8 Å². The van der Waals surface area contributed by atoms with Gasteiger partial charge < -0.3 is 5.11 Å². The van der Waals surface area contributed by atoms with Gasteiger partial charge in [0.2, 0.25) is 10.0 Å². The van der Waals surface area contributed by atoms with E-state index >= 15 is 0 Å². The number of nitrogens with one attached hydrogen (secondary N) is 1. The predicted molar refractivity (Wildman–Crippen MR) is 72.3 cm³/mol. The second-order valence-corrected chi connectivity index (χ2v) is 7.90. The lowest BCUT2D eigenvalue weighted by Gasteiger charge is -2.26. The van der Waals surface area contributed by atoms with Crippen LogP contribution in [0.25, 0.3) is 0 Å². The maximum atomic E-state index is 12.0. The molecule has 0 amide bonds. The molecule has 0 unspecified atom stereocenters. The standard InChI is InChI=1S/C13H23NO4S/c15-13(16)11-7-5-10(6-8-11)9-14-19(17,18)12-3-1-2-4-12/h10-12,14H,1-9H2,(H,15,16). The van der Waals surface area contributed by atoms with Gasteiger partial charge in [0.1, 0.15) is 0 Å². The summed E-state index contributed by atoms with van der Waals surface area (Å²) in [7, 11) is -3.16. The van der Waals surface area contributed by atoms with Crippen LogP contribution in [0.15, 0.2) is 0 Å². The van der Waals surface area contributed by atoms with Gasteiger partial charge in [-0.1, -0.05) is 12.8 Å². The molecule has 2 saturated carbocycles. The van der Waals surface area contributed by atoms with Gasteiger partial charge in [0.25, 0.3) is 0 Å². The zero-order valence-electron chi connectivity index (χ0n) is 11.2. The van der Waals surface area contributed by atoms with E-state index < -0.39 is 16.0 Å². The molecule has 0 heterocycles. The van der Waals surface area contributed by atoms with E-state index in [-0.39, 0.29) is 11.2 Å². The quantitative estimate of drug-likeness (QED) is 0.807. The molecule has 5 nitrogen and oxygen atoms in total. The Bertz CT molecular complexity index is 406. The molecule has 2 aliphatic carbocycles. The Morgan fingerprint density at radius 2 is 1.63 bits per heavy atom. The molecule has 110 valence electrons. The van der Waals surface area contributed by atoms with Crippen molar-refractivity contribution in [3.63, 3.8) is 0 Å². The lowest BCUT2D eigenvalue weighted by atomic mass is 9.82. The van der Waals surface area contributed by atoms with Crippen LogP contribution in [0.4, 0.5) is 0 Å². The highest BCUT2D eigenvalue weighted by Gasteiger charge is 2.30. The summed E-state index contributed by atoms with van der Waals surface area (Å²) in [6.07, 6.45) is 6.54. The number of aliphatic carboxylic acids is 1. The summed E-state index contributed by atoms with van der Waals surface area (Å²) in [6.45, 7) is 0.477. The van der Waals surface area contributed by atoms with Crippen molar-refractivity contribution in [1.82, 2.24) is 4.72 Å². The normalized spacial score (nSPS) is 29.5. The van der Waals surface area contributed by atoms with E-state index in [2.05, 4.69) is 4.72 Å². The molecule has 0 aromatic heterocycles. The highest BCUT2D eigenvalue weighted by molar-refractivity contribution is 7.90. The molecule has 6 heteroatoms. The fourth-order valence-electron chi connectivity index (χ4n) is 3.16. The van der Waals surface area contributed by atoms with Crippen LogP contribution in [-0.2, 0) is 14.8 Å². The summed E-state index contributed by atoms with van der Waals surface area (Å²) < 4.78 is 26.8. The third-order valence-corrected chi connectivity index (χ3v) is 6.43. The molecular formula is C13H23NO4S. The first-order valence-corrected chi connectivity index (χ1v) is 8.75. The second kappa shape index (κ2) is 6.22. The lowest BCUT2D eigenvalue weighted by Crippen LogP contribution is -2.37. The summed E-state index contributed by atoms with van der Waals surface area (Å²) in [5, 5.41) is 8.71. The first-order valence-electron chi connectivity index (χ1n) is 7.20. The van der Waals surface area contributed by atoms with E-state index in [0.29, 0.717) is 25.3 Å². The molecule has 0 spiro atoms. The zero-order valence-corrected chi connectivity index (χ0v) is 12.0. The number of carbonyl (C=O) groups is 1. The summed E-state index contributed by atoms with van der Waals surface area (Å²) in [5.74, 6) is -0.653. The molecular weight excluding hydrogens is 266 g/mol. The van der Waals surface area contributed by atoms with Gasteiger partial charge in [-0.05, 0) is 44.4 Å². The monoisotopic (exact) mass is 289 g/mol. The minimum Gasteiger partial charge on any atom is -0.481 e. The third-order valence-electron chi connectivity index (χ3n) is 4.51. The van der Waals surface area contributed by atoms with Crippen LogP contribution in [0.3, 0.4) is 0 Å². The SMILES string of the molecule is O=C(O)C1CCC(CNS(=O)(=O)C2CCCC2)CC1. The van der Waals surface area contributed by atoms with Gasteiger partial charge in [0.05, 0.1) is 11.2 Å². The van der Waals surface area contributed by atoms with Gasteiger partial charge in [-0.25, -0.2) is 13.1 Å². The second-order valence-electron chi connectivity index (χ2n) is 5.86. The van der Waals surface area contributed by atoms with Crippen molar-refractivity contribution in [2.45, 2.75) is 56.6 Å². The molecule has 2 rings (SSSR count). The van der Waals surface area contributed by atoms with Crippen LogP contribution < -0.4 is 4.72 Å². The zero-order chi connectivity index (χ0) is 13.9. The average Bonchev–Trinajstić information content (AvgIpc) is 2.91. The van der Waals surface area contributed by atoms with Crippen molar-refractivity contribution in [2.75, 3.05) is 6.54 Å². The smallest absolute Gasteiger partial charge is 0.306 e. The van der Waals surface area contributed by atoms with Crippen LogP contribution in [0.1, 0.15) is 51.4 Å². The lowest BCUT2D eigenvalue weighted by molar-refractivity contribution is -0.143. The first kappa shape index (κ1) is 14.8. The number of hydrogen-bond acceptors (Lipinski definition) is 3. The van der Waals surface area contributed by atoms with Crippen molar-refractivity contribution in [1.29, 1.82) is 0 Å². The molecule has 0 aromatic rings. The van der Waals surface area contributed by atoms with E-state index in [1.54, 1.807) is 0 Å². The molecule has 0 saturated heterocycles. The van der Waals surface area contributed by atoms with E-state index in [9.17, 15) is 13.2 Å². The fourth-order valence-corrected chi connectivity index (χ4v) is 4.82. The van der Waals surface area contributed by atoms with Gasteiger partial charge in [-0.3, -0.25) is 4.79 Å². The van der Waals surface area contributed by atoms with E-state index in [1.165, 1.54) is 0 Å². The highest BCUT2D eigenvalue weighted by atomic mass is 32.2. The summed E-state index contributed by atoms with van der Waals surface area (Å²) in [5.41, 5.74) is 0. The summed E-state index contributed by atoms with van der Waals surface area (Å²) in [6, 6.07) is 0. The van der Waals surface area contributed by atoms with E-state index in [4.69, 9.17) is 5.11 Å². The van der Waals surface area contributed by atoms with Crippen molar-refractivity contribution in [3.05, 3.63) is 0 Å². The van der Waals surface area contributed by atoms with Crippen molar-refractivity contribution >= 4 is 16.0 Å². The van der Waals surface area contributed by atoms with Gasteiger partial charge in [-0.15, -0.1) is 0 Å². The number of carboxylic acids is 1. The minimum atomic E-state index is -3.16. The maximum absolute atomic E-state index is 12.0. The molecule has 0 bridgehead atoms. The predicted octanol–water partition coefficient (Wildman–Crippen LogP) is 1.74. The van der Waals surface area contributed by atoms with E-state index in [1.807, 2.05) is 0 Å². The van der Waals surface area contributed by atoms with E-state index in [0.717, 1.165) is 38.5 Å². The molecule has 0 aromatic carbocycles. The van der Waals surface area contributed by atoms with Gasteiger partial charge in [0.15, 0.2) is 0 Å². The van der Waals surface area contributed by atoms with Crippen molar-refractivity contribution in [3.8, 4) is 0 Å². The molecule has 0 radical (unpaired) electrons. The largest absolute Gasteiger partial charge is 0.481 e. The Kier molecular flexibility index (Phi) is 4.84. The Hall–Kier alpha value is -0.620. The van der Waals surface area contributed by atoms with Crippen molar-refractivity contribution in [2.24, 2.45) is 11.8 Å². The molecule has 2 aliphatic rings. The van der Waals surface area contributed by atoms with Crippen LogP contribution in [0.2, 0.25) is 0 Å². The maximum Gasteiger partial charge on any atom is 0.306 e. The van der Waals surface area contributed by atoms with Gasteiger partial charge in [-0.2, -0.15) is 0 Å². The Balaban J connectivity index is 1.76. The number of carboxylic acid groups (broad SMARTS) is 1. The Morgan fingerprint density at radius 1 is 1.05 bits per heavy atom. The van der Waals surface area contributed by atoms with Crippen molar-refractivity contribution < 1.29 is 18.3 Å². The number of sulfonamides is 1. The van der Waals surface area contributed by atoms with Gasteiger partial charge in [0, 0.05) is 6.54 Å². The first-order chi connectivity index (χ1) is 8.99. The number of hydrogen-bond donors (Lipinski definition) is 2. The molecule has 2 fully saturated rings. The van der Waals surface area contributed by atoms with Crippen LogP contribution in [-0.4, -0.2) is 31.3 Å². The Labute approximate surface area is 114 Å². The summed E-state index contributed by atoms with van der Waals surface area (Å²) >= 11 is 0. The minimum absolute atomic E-state index is 0.206. The Morgan fingerprint density at radius 3 is 2.16 bits per heavy atom. The molecule has 0 aliphatic heterocycles. The van der Waals surface area contributed by atoms with Crippen LogP contribution in [0.5, 0.6) is 0 Å². The fraction of sp³-hybridized carbons (Fsp3) is 0.923. The third kappa shape index (κ3) is 3.92. The topological polar surface area (TPSA) is 83.5 Å². The average molecular weight is 289 g/mol. The molecule has 0 atom stereocenters. The molecule has 2 N–H and O–H groups in total. The van der Waals surface area contributed by atoms with Crippen LogP contribution >= 0.6 is 0 Å². The van der Waals surface area contributed by atoms with Gasteiger partial charge >= 0.3 is 5.97 Å². The number of rotatable bonds is 5.